The first kappa shape index (κ1) is 7.57. The van der Waals surface area contributed by atoms with E-state index >= 15 is 0 Å². The van der Waals surface area contributed by atoms with E-state index in [4.69, 9.17) is 0 Å². The highest BCUT2D eigenvalue weighted by atomic mass is 79.9. The molecule has 3 rings (SSSR count). The molecule has 0 radical (unpaired) electrons. The molecule has 3 aliphatic carbocycles. The summed E-state index contributed by atoms with van der Waals surface area (Å²) in [6, 6.07) is 0. The molecule has 0 heterocycles. The molecule has 5 atom stereocenters. The second-order valence-electron chi connectivity index (χ2n) is 4.47. The van der Waals surface area contributed by atoms with E-state index in [-0.39, 0.29) is 10.4 Å². The van der Waals surface area contributed by atoms with Gasteiger partial charge in [0.25, 0.3) is 0 Å². The Labute approximate surface area is 81.0 Å². The zero-order valence-electron chi connectivity index (χ0n) is 6.91. The summed E-state index contributed by atoms with van der Waals surface area (Å²) in [5.74, 6) is 1.81. The van der Waals surface area contributed by atoms with Gasteiger partial charge in [0, 0.05) is 0 Å². The first-order valence-electron chi connectivity index (χ1n) is 4.77. The van der Waals surface area contributed by atoms with E-state index in [9.17, 15) is 5.11 Å². The minimum absolute atomic E-state index is 0.0428. The van der Waals surface area contributed by atoms with E-state index in [2.05, 4.69) is 28.1 Å². The molecule has 0 spiro atoms. The normalized spacial score (nSPS) is 61.2. The van der Waals surface area contributed by atoms with E-state index in [1.165, 1.54) is 12.8 Å². The topological polar surface area (TPSA) is 20.2 Å². The third-order valence-electron chi connectivity index (χ3n) is 4.04. The van der Waals surface area contributed by atoms with Crippen LogP contribution in [0.3, 0.4) is 0 Å². The highest BCUT2D eigenvalue weighted by molar-refractivity contribution is 9.10. The molecule has 0 amide bonds. The number of rotatable bonds is 0. The van der Waals surface area contributed by atoms with Crippen molar-refractivity contribution in [3.63, 3.8) is 0 Å². The Hall–Kier alpha value is 0.180. The summed E-state index contributed by atoms with van der Waals surface area (Å²) in [5, 5.41) is 10.1. The van der Waals surface area contributed by atoms with Crippen molar-refractivity contribution in [3.05, 3.63) is 12.2 Å². The molecule has 4 bridgehead atoms. The summed E-state index contributed by atoms with van der Waals surface area (Å²) >= 11 is 3.75. The average Bonchev–Trinajstić information content (AvgIpc) is 2.53. The monoisotopic (exact) mass is 228 g/mol. The molecule has 2 saturated carbocycles. The van der Waals surface area contributed by atoms with Crippen molar-refractivity contribution in [1.29, 1.82) is 0 Å². The van der Waals surface area contributed by atoms with Gasteiger partial charge in [-0.15, -0.1) is 0 Å². The van der Waals surface area contributed by atoms with Gasteiger partial charge in [0.2, 0.25) is 0 Å². The Balaban J connectivity index is 2.08. The maximum Gasteiger partial charge on any atom is 0.0732 e. The molecule has 3 aliphatic rings. The molecular formula is C10H13BrO. The van der Waals surface area contributed by atoms with Crippen molar-refractivity contribution in [3.8, 4) is 0 Å². The van der Waals surface area contributed by atoms with Gasteiger partial charge in [-0.05, 0) is 37.0 Å². The smallest absolute Gasteiger partial charge is 0.0732 e. The third-order valence-corrected chi connectivity index (χ3v) is 5.49. The second-order valence-corrected chi connectivity index (χ2v) is 5.94. The molecule has 12 heavy (non-hydrogen) atoms. The number of hydrogen-bond acceptors (Lipinski definition) is 1. The molecule has 1 N–H and O–H groups in total. The molecule has 0 aromatic carbocycles. The predicted octanol–water partition coefficient (Wildman–Crippen LogP) is 2.10. The van der Waals surface area contributed by atoms with Crippen LogP contribution in [-0.2, 0) is 0 Å². The van der Waals surface area contributed by atoms with Crippen LogP contribution in [0.15, 0.2) is 12.2 Å². The molecule has 2 fully saturated rings. The maximum atomic E-state index is 10.1. The quantitative estimate of drug-likeness (QED) is 0.498. The lowest BCUT2D eigenvalue weighted by atomic mass is 9.76. The van der Waals surface area contributed by atoms with Gasteiger partial charge in [0.05, 0.1) is 10.4 Å². The molecular weight excluding hydrogens is 216 g/mol. The van der Waals surface area contributed by atoms with Crippen molar-refractivity contribution in [2.24, 2.45) is 17.8 Å². The highest BCUT2D eigenvalue weighted by Gasteiger charge is 2.57. The summed E-state index contributed by atoms with van der Waals surface area (Å²) in [6.07, 6.45) is 8.16. The van der Waals surface area contributed by atoms with Crippen LogP contribution in [0.4, 0.5) is 0 Å². The Morgan fingerprint density at radius 1 is 1.42 bits per heavy atom. The van der Waals surface area contributed by atoms with Gasteiger partial charge in [0.1, 0.15) is 0 Å². The fraction of sp³-hybridized carbons (Fsp3) is 0.800. The fourth-order valence-corrected chi connectivity index (χ4v) is 4.21. The number of hydrogen-bond donors (Lipinski definition) is 1. The maximum absolute atomic E-state index is 10.1. The summed E-state index contributed by atoms with van der Waals surface area (Å²) in [5.41, 5.74) is 0. The number of alkyl halides is 1. The minimum Gasteiger partial charge on any atom is -0.391 e. The fourth-order valence-electron chi connectivity index (χ4n) is 3.30. The largest absolute Gasteiger partial charge is 0.391 e. The van der Waals surface area contributed by atoms with Crippen LogP contribution >= 0.6 is 15.9 Å². The van der Waals surface area contributed by atoms with E-state index in [0.717, 1.165) is 6.42 Å². The number of allylic oxidation sites excluding steroid dienone is 2. The zero-order chi connectivity index (χ0) is 8.34. The lowest BCUT2D eigenvalue weighted by molar-refractivity contribution is 0.0481. The molecule has 2 heteroatoms. The Bertz CT molecular complexity index is 250. The van der Waals surface area contributed by atoms with Crippen molar-refractivity contribution in [2.45, 2.75) is 29.7 Å². The Morgan fingerprint density at radius 2 is 2.25 bits per heavy atom. The van der Waals surface area contributed by atoms with Crippen LogP contribution < -0.4 is 0 Å². The number of aliphatic hydroxyl groups excluding tert-OH is 1. The van der Waals surface area contributed by atoms with Gasteiger partial charge in [-0.3, -0.25) is 0 Å². The molecule has 0 aliphatic heterocycles. The first-order chi connectivity index (χ1) is 5.72. The summed E-state index contributed by atoms with van der Waals surface area (Å²) in [7, 11) is 0. The van der Waals surface area contributed by atoms with Gasteiger partial charge in [-0.2, -0.15) is 0 Å². The number of aliphatic hydroxyl groups is 1. The van der Waals surface area contributed by atoms with Crippen LogP contribution in [0.1, 0.15) is 19.3 Å². The first-order valence-corrected chi connectivity index (χ1v) is 5.56. The van der Waals surface area contributed by atoms with Crippen LogP contribution in [0, 0.1) is 17.8 Å². The van der Waals surface area contributed by atoms with Crippen molar-refractivity contribution >= 4 is 15.9 Å². The van der Waals surface area contributed by atoms with Crippen molar-refractivity contribution in [2.75, 3.05) is 0 Å². The predicted molar refractivity (Wildman–Crippen MR) is 51.1 cm³/mol. The molecule has 0 unspecified atom stereocenters. The molecule has 0 saturated heterocycles. The van der Waals surface area contributed by atoms with Crippen molar-refractivity contribution in [1.82, 2.24) is 0 Å². The summed E-state index contributed by atoms with van der Waals surface area (Å²) in [6.45, 7) is 0. The standard InChI is InChI=1S/C10H13BrO/c11-10-4-3-8(9(10)12)6-1-2-7(10)5-6/h1-2,6-9,12H,3-5H2/t6-,7+,8+,9-,10+/m1/s1. The van der Waals surface area contributed by atoms with Crippen LogP contribution in [0.25, 0.3) is 0 Å². The summed E-state index contributed by atoms with van der Waals surface area (Å²) < 4.78 is 0.0428. The van der Waals surface area contributed by atoms with Gasteiger partial charge in [-0.1, -0.05) is 28.1 Å². The van der Waals surface area contributed by atoms with E-state index in [0.29, 0.717) is 17.8 Å². The van der Waals surface area contributed by atoms with Crippen molar-refractivity contribution < 1.29 is 5.11 Å². The van der Waals surface area contributed by atoms with Gasteiger partial charge >= 0.3 is 0 Å². The van der Waals surface area contributed by atoms with Crippen LogP contribution in [0.5, 0.6) is 0 Å². The van der Waals surface area contributed by atoms with E-state index < -0.39 is 0 Å². The van der Waals surface area contributed by atoms with Gasteiger partial charge < -0.3 is 5.11 Å². The second kappa shape index (κ2) is 2.16. The zero-order valence-corrected chi connectivity index (χ0v) is 8.50. The van der Waals surface area contributed by atoms with Crippen LogP contribution in [-0.4, -0.2) is 15.5 Å². The highest BCUT2D eigenvalue weighted by Crippen LogP contribution is 2.59. The average molecular weight is 229 g/mol. The molecule has 66 valence electrons. The number of halogens is 1. The van der Waals surface area contributed by atoms with Crippen LogP contribution in [0.2, 0.25) is 0 Å². The SMILES string of the molecule is O[C@@H]1[C@H]2CC[C@]1(Br)[C@H]1C=C[C@@H]2C1. The van der Waals surface area contributed by atoms with Gasteiger partial charge in [0.15, 0.2) is 0 Å². The Kier molecular flexibility index (Phi) is 1.36. The minimum atomic E-state index is -0.101. The molecule has 0 aromatic rings. The molecule has 1 nitrogen and oxygen atoms in total. The Morgan fingerprint density at radius 3 is 3.08 bits per heavy atom. The van der Waals surface area contributed by atoms with E-state index in [1.54, 1.807) is 0 Å². The molecule has 0 aromatic heterocycles. The van der Waals surface area contributed by atoms with Gasteiger partial charge in [-0.25, -0.2) is 0 Å². The number of fused-ring (bicyclic) bond motifs is 6. The van der Waals surface area contributed by atoms with E-state index in [1.807, 2.05) is 0 Å². The lowest BCUT2D eigenvalue weighted by Gasteiger charge is -2.39. The third kappa shape index (κ3) is 0.693. The lowest BCUT2D eigenvalue weighted by Crippen LogP contribution is -2.45. The summed E-state index contributed by atoms with van der Waals surface area (Å²) in [4.78, 5) is 0.